The summed E-state index contributed by atoms with van der Waals surface area (Å²) in [7, 11) is 0. The predicted octanol–water partition coefficient (Wildman–Crippen LogP) is -2.44. The molecule has 7 heteroatoms. The number of unbranched alkanes of at least 4 members (excludes halogenated alkanes) is 2. The lowest BCUT2D eigenvalue weighted by molar-refractivity contribution is -0.252. The van der Waals surface area contributed by atoms with Gasteiger partial charge in [-0.1, -0.05) is 0 Å². The molecule has 0 spiro atoms. The van der Waals surface area contributed by atoms with Gasteiger partial charge in [-0.2, -0.15) is 0 Å². The molecule has 4 atom stereocenters. The van der Waals surface area contributed by atoms with Crippen LogP contribution in [0.1, 0.15) is 19.3 Å². The van der Waals surface area contributed by atoms with E-state index in [9.17, 15) is 0 Å². The Bertz CT molecular complexity index is 160. The van der Waals surface area contributed by atoms with Gasteiger partial charge in [0.25, 0.3) is 0 Å². The van der Waals surface area contributed by atoms with Gasteiger partial charge >= 0.3 is 0 Å². The van der Waals surface area contributed by atoms with E-state index < -0.39 is 24.6 Å². The van der Waals surface area contributed by atoms with Gasteiger partial charge < -0.3 is 35.4 Å². The second-order valence-corrected chi connectivity index (χ2v) is 3.78. The van der Waals surface area contributed by atoms with Crippen molar-refractivity contribution in [3.05, 3.63) is 0 Å². The van der Waals surface area contributed by atoms with Crippen LogP contribution in [0.25, 0.3) is 0 Å². The largest absolute Gasteiger partial charge is 0.396 e. The first kappa shape index (κ1) is 16.7. The van der Waals surface area contributed by atoms with Gasteiger partial charge in [0.2, 0.25) is 0 Å². The summed E-state index contributed by atoms with van der Waals surface area (Å²) in [6.45, 7) is 0.347. The molecule has 0 saturated carbocycles. The molecular weight excluding hydrogens is 232 g/mol. The Labute approximate surface area is 99.9 Å². The van der Waals surface area contributed by atoms with Crippen LogP contribution in [0.2, 0.25) is 0 Å². The van der Waals surface area contributed by atoms with Crippen LogP contribution in [0.4, 0.5) is 0 Å². The van der Waals surface area contributed by atoms with Crippen molar-refractivity contribution in [2.45, 2.75) is 43.9 Å². The molecular formula is C10H22O7. The third-order valence-corrected chi connectivity index (χ3v) is 2.29. The van der Waals surface area contributed by atoms with E-state index in [1.54, 1.807) is 0 Å². The van der Waals surface area contributed by atoms with E-state index >= 15 is 0 Å². The third-order valence-electron chi connectivity index (χ3n) is 2.29. The number of hydrogen-bond acceptors (Lipinski definition) is 7. The van der Waals surface area contributed by atoms with Crippen LogP contribution in [0.15, 0.2) is 0 Å². The second kappa shape index (κ2) is 9.72. The summed E-state index contributed by atoms with van der Waals surface area (Å²) in [6, 6.07) is 0. The minimum absolute atomic E-state index is 0.153. The van der Waals surface area contributed by atoms with Crippen LogP contribution in [-0.4, -0.2) is 75.1 Å². The van der Waals surface area contributed by atoms with Crippen molar-refractivity contribution in [3.63, 3.8) is 0 Å². The maximum absolute atomic E-state index is 8.88. The van der Waals surface area contributed by atoms with Crippen LogP contribution < -0.4 is 0 Å². The molecule has 0 amide bonds. The number of hydrogen-bond donors (Lipinski definition) is 6. The molecule has 1 aliphatic heterocycles. The SMILES string of the molecule is OC1OC[C@@H](O)[C@H](O)[C@H]1O.OCCCCCO. The molecule has 6 N–H and O–H groups in total. The monoisotopic (exact) mass is 254 g/mol. The summed E-state index contributed by atoms with van der Waals surface area (Å²) in [6.07, 6.45) is -2.65. The van der Waals surface area contributed by atoms with Crippen molar-refractivity contribution in [3.8, 4) is 0 Å². The van der Waals surface area contributed by atoms with Gasteiger partial charge in [-0.25, -0.2) is 0 Å². The smallest absolute Gasteiger partial charge is 0.183 e. The number of aliphatic hydroxyl groups is 6. The number of ether oxygens (including phenoxy) is 1. The first-order valence-electron chi connectivity index (χ1n) is 5.60. The molecule has 0 aromatic heterocycles. The van der Waals surface area contributed by atoms with Gasteiger partial charge in [-0.3, -0.25) is 0 Å². The Kier molecular flexibility index (Phi) is 9.56. The highest BCUT2D eigenvalue weighted by molar-refractivity contribution is 4.81. The first-order chi connectivity index (χ1) is 8.04. The lowest BCUT2D eigenvalue weighted by atomic mass is 10.1. The second-order valence-electron chi connectivity index (χ2n) is 3.78. The van der Waals surface area contributed by atoms with Gasteiger partial charge in [0.15, 0.2) is 6.29 Å². The molecule has 1 fully saturated rings. The van der Waals surface area contributed by atoms with Crippen molar-refractivity contribution < 1.29 is 35.4 Å². The molecule has 1 aliphatic rings. The Morgan fingerprint density at radius 1 is 0.824 bits per heavy atom. The highest BCUT2D eigenvalue weighted by Crippen LogP contribution is 2.12. The Hall–Kier alpha value is -0.280. The molecule has 104 valence electrons. The fraction of sp³-hybridized carbons (Fsp3) is 1.00. The Morgan fingerprint density at radius 3 is 1.76 bits per heavy atom. The van der Waals surface area contributed by atoms with Gasteiger partial charge in [0.1, 0.15) is 18.3 Å². The minimum atomic E-state index is -1.41. The Morgan fingerprint density at radius 2 is 1.35 bits per heavy atom. The quantitative estimate of drug-likeness (QED) is 0.307. The highest BCUT2D eigenvalue weighted by Gasteiger charge is 2.36. The van der Waals surface area contributed by atoms with E-state index in [0.717, 1.165) is 19.3 Å². The molecule has 0 aromatic rings. The van der Waals surface area contributed by atoms with Crippen LogP contribution >= 0.6 is 0 Å². The van der Waals surface area contributed by atoms with Crippen LogP contribution in [0.3, 0.4) is 0 Å². The molecule has 7 nitrogen and oxygen atoms in total. The maximum atomic E-state index is 8.88. The normalized spacial score (nSPS) is 32.8. The van der Waals surface area contributed by atoms with E-state index in [1.807, 2.05) is 0 Å². The lowest BCUT2D eigenvalue weighted by Crippen LogP contribution is -2.52. The van der Waals surface area contributed by atoms with Gasteiger partial charge in [-0.05, 0) is 19.3 Å². The molecule has 1 saturated heterocycles. The van der Waals surface area contributed by atoms with E-state index in [0.29, 0.717) is 0 Å². The topological polar surface area (TPSA) is 131 Å². The van der Waals surface area contributed by atoms with Crippen molar-refractivity contribution in [2.24, 2.45) is 0 Å². The standard InChI is InChI=1S/C5H10O5.C5H12O2/c6-2-1-10-5(9)4(8)3(2)7;6-4-2-1-3-5-7/h2-9H,1H2;6-7H,1-5H2/t2-,3+,4-,5?;/m1./s1. The zero-order valence-electron chi connectivity index (χ0n) is 9.64. The summed E-state index contributed by atoms with van der Waals surface area (Å²) in [5.74, 6) is 0. The molecule has 0 bridgehead atoms. The summed E-state index contributed by atoms with van der Waals surface area (Å²) in [5, 5.41) is 51.7. The zero-order chi connectivity index (χ0) is 13.3. The maximum Gasteiger partial charge on any atom is 0.183 e. The summed E-state index contributed by atoms with van der Waals surface area (Å²) in [4.78, 5) is 0. The highest BCUT2D eigenvalue weighted by atomic mass is 16.6. The molecule has 1 rings (SSSR count). The molecule has 0 aliphatic carbocycles. The van der Waals surface area contributed by atoms with E-state index in [4.69, 9.17) is 30.6 Å². The Balaban J connectivity index is 0.000000325. The average molecular weight is 254 g/mol. The van der Waals surface area contributed by atoms with Crippen LogP contribution in [0, 0.1) is 0 Å². The number of rotatable bonds is 4. The fourth-order valence-corrected chi connectivity index (χ4v) is 1.19. The zero-order valence-corrected chi connectivity index (χ0v) is 9.64. The summed E-state index contributed by atoms with van der Waals surface area (Å²) >= 11 is 0. The van der Waals surface area contributed by atoms with Crippen molar-refractivity contribution in [2.75, 3.05) is 19.8 Å². The predicted molar refractivity (Wildman–Crippen MR) is 58.0 cm³/mol. The van der Waals surface area contributed by atoms with Gasteiger partial charge in [0, 0.05) is 13.2 Å². The fourth-order valence-electron chi connectivity index (χ4n) is 1.19. The van der Waals surface area contributed by atoms with Crippen molar-refractivity contribution >= 4 is 0 Å². The summed E-state index contributed by atoms with van der Waals surface area (Å²) in [5.41, 5.74) is 0. The van der Waals surface area contributed by atoms with Gasteiger partial charge in [-0.15, -0.1) is 0 Å². The van der Waals surface area contributed by atoms with Crippen molar-refractivity contribution in [1.82, 2.24) is 0 Å². The van der Waals surface area contributed by atoms with Crippen molar-refractivity contribution in [1.29, 1.82) is 0 Å². The van der Waals surface area contributed by atoms with E-state index in [2.05, 4.69) is 4.74 Å². The van der Waals surface area contributed by atoms with Crippen LogP contribution in [-0.2, 0) is 4.74 Å². The number of aliphatic hydroxyl groups excluding tert-OH is 6. The summed E-state index contributed by atoms with van der Waals surface area (Å²) < 4.78 is 4.47. The van der Waals surface area contributed by atoms with Gasteiger partial charge in [0.05, 0.1) is 6.61 Å². The molecule has 1 unspecified atom stereocenters. The molecule has 0 radical (unpaired) electrons. The molecule has 0 aromatic carbocycles. The van der Waals surface area contributed by atoms with Crippen LogP contribution in [0.5, 0.6) is 0 Å². The average Bonchev–Trinajstić information content (AvgIpc) is 2.33. The van der Waals surface area contributed by atoms with E-state index in [-0.39, 0.29) is 19.8 Å². The third kappa shape index (κ3) is 6.89. The minimum Gasteiger partial charge on any atom is -0.396 e. The molecule has 1 heterocycles. The van der Waals surface area contributed by atoms with E-state index in [1.165, 1.54) is 0 Å². The lowest BCUT2D eigenvalue weighted by Gasteiger charge is -2.31. The first-order valence-corrected chi connectivity index (χ1v) is 5.60. The molecule has 17 heavy (non-hydrogen) atoms.